The van der Waals surface area contributed by atoms with Gasteiger partial charge in [0.05, 0.1) is 26.4 Å². The van der Waals surface area contributed by atoms with Crippen LogP contribution in [0.5, 0.6) is 0 Å². The number of rotatable bonds is 6. The van der Waals surface area contributed by atoms with Gasteiger partial charge in [-0.3, -0.25) is 0 Å². The van der Waals surface area contributed by atoms with Crippen LogP contribution in [-0.4, -0.2) is 60.7 Å². The standard InChI is InChI=1S/C5H6O5.C4H10O3/c1-2-3-9-5(8)10-4(6)7;5-1-3-7-4-2-6/h2H,1,3H2,(H,6,7);5-6H,1-4H2. The van der Waals surface area contributed by atoms with Gasteiger partial charge in [0.25, 0.3) is 0 Å². The highest BCUT2D eigenvalue weighted by molar-refractivity contribution is 5.75. The summed E-state index contributed by atoms with van der Waals surface area (Å²) < 4.78 is 12.3. The molecule has 0 aromatic carbocycles. The largest absolute Gasteiger partial charge is 0.518 e. The van der Waals surface area contributed by atoms with E-state index in [4.69, 9.17) is 15.3 Å². The van der Waals surface area contributed by atoms with Crippen molar-refractivity contribution in [1.29, 1.82) is 0 Å². The summed E-state index contributed by atoms with van der Waals surface area (Å²) in [6.45, 7) is 3.86. The SMILES string of the molecule is C=CCOC(=O)OC(=O)O.OCCOCCO. The van der Waals surface area contributed by atoms with Crippen molar-refractivity contribution < 1.29 is 39.1 Å². The summed E-state index contributed by atoms with van der Waals surface area (Å²) in [7, 11) is 0. The minimum Gasteiger partial charge on any atom is -0.449 e. The van der Waals surface area contributed by atoms with Gasteiger partial charge in [-0.15, -0.1) is 0 Å². The number of hydrogen-bond acceptors (Lipinski definition) is 7. The molecule has 0 aliphatic carbocycles. The second-order valence-electron chi connectivity index (χ2n) is 2.28. The number of carbonyl (C=O) groups is 2. The van der Waals surface area contributed by atoms with E-state index in [1.165, 1.54) is 6.08 Å². The van der Waals surface area contributed by atoms with Crippen molar-refractivity contribution in [1.82, 2.24) is 0 Å². The van der Waals surface area contributed by atoms with Gasteiger partial charge in [-0.2, -0.15) is 0 Å². The van der Waals surface area contributed by atoms with Crippen molar-refractivity contribution in [3.63, 3.8) is 0 Å². The zero-order chi connectivity index (χ0) is 13.5. The zero-order valence-electron chi connectivity index (χ0n) is 9.20. The van der Waals surface area contributed by atoms with Gasteiger partial charge >= 0.3 is 12.3 Å². The number of aliphatic hydroxyl groups is 2. The lowest BCUT2D eigenvalue weighted by molar-refractivity contribution is 0.0607. The average molecular weight is 252 g/mol. The van der Waals surface area contributed by atoms with Gasteiger partial charge in [0.2, 0.25) is 0 Å². The molecule has 0 aliphatic heterocycles. The smallest absolute Gasteiger partial charge is 0.449 e. The molecule has 0 saturated heterocycles. The normalized spacial score (nSPS) is 8.59. The van der Waals surface area contributed by atoms with Crippen molar-refractivity contribution in [2.24, 2.45) is 0 Å². The van der Waals surface area contributed by atoms with Crippen molar-refractivity contribution >= 4 is 12.3 Å². The maximum Gasteiger partial charge on any atom is 0.518 e. The van der Waals surface area contributed by atoms with Crippen LogP contribution in [0.3, 0.4) is 0 Å². The molecule has 0 aromatic heterocycles. The topological polar surface area (TPSA) is 123 Å². The van der Waals surface area contributed by atoms with E-state index in [0.29, 0.717) is 13.2 Å². The molecule has 0 radical (unpaired) electrons. The fourth-order valence-electron chi connectivity index (χ4n) is 0.459. The molecule has 100 valence electrons. The third kappa shape index (κ3) is 20.4. The summed E-state index contributed by atoms with van der Waals surface area (Å²) in [5, 5.41) is 24.0. The summed E-state index contributed by atoms with van der Waals surface area (Å²) >= 11 is 0. The van der Waals surface area contributed by atoms with E-state index >= 15 is 0 Å². The van der Waals surface area contributed by atoms with E-state index in [2.05, 4.69) is 20.8 Å². The van der Waals surface area contributed by atoms with Crippen molar-refractivity contribution in [3.05, 3.63) is 12.7 Å². The fraction of sp³-hybridized carbons (Fsp3) is 0.556. The van der Waals surface area contributed by atoms with Gasteiger partial charge in [-0.05, 0) is 0 Å². The molecule has 0 spiro atoms. The lowest BCUT2D eigenvalue weighted by Crippen LogP contribution is -2.11. The molecule has 0 fully saturated rings. The van der Waals surface area contributed by atoms with Gasteiger partial charge in [-0.1, -0.05) is 12.7 Å². The first-order valence-corrected chi connectivity index (χ1v) is 4.56. The molecule has 8 nitrogen and oxygen atoms in total. The summed E-state index contributed by atoms with van der Waals surface area (Å²) in [5.74, 6) is 0. The van der Waals surface area contributed by atoms with E-state index in [1.54, 1.807) is 0 Å². The average Bonchev–Trinajstić information content (AvgIpc) is 2.27. The highest BCUT2D eigenvalue weighted by Crippen LogP contribution is 1.85. The molecule has 0 atom stereocenters. The molecule has 8 heteroatoms. The van der Waals surface area contributed by atoms with E-state index < -0.39 is 12.3 Å². The first kappa shape index (κ1) is 17.7. The minimum absolute atomic E-state index is 0.0278. The van der Waals surface area contributed by atoms with Crippen molar-refractivity contribution in [2.45, 2.75) is 0 Å². The lowest BCUT2D eigenvalue weighted by Gasteiger charge is -1.96. The second-order valence-corrected chi connectivity index (χ2v) is 2.28. The van der Waals surface area contributed by atoms with Crippen LogP contribution in [-0.2, 0) is 14.2 Å². The predicted octanol–water partition coefficient (Wildman–Crippen LogP) is -0.00880. The second kappa shape index (κ2) is 14.4. The van der Waals surface area contributed by atoms with Crippen LogP contribution >= 0.6 is 0 Å². The van der Waals surface area contributed by atoms with E-state index in [1.807, 2.05) is 0 Å². The van der Waals surface area contributed by atoms with Gasteiger partial charge < -0.3 is 29.5 Å². The Labute approximate surface area is 98.0 Å². The summed E-state index contributed by atoms with van der Waals surface area (Å²) in [6, 6.07) is 0. The van der Waals surface area contributed by atoms with Gasteiger partial charge in [0, 0.05) is 0 Å². The highest BCUT2D eigenvalue weighted by Gasteiger charge is 2.07. The molecule has 0 aromatic rings. The molecular formula is C9H16O8. The monoisotopic (exact) mass is 252 g/mol. The van der Waals surface area contributed by atoms with Crippen LogP contribution in [0.1, 0.15) is 0 Å². The zero-order valence-corrected chi connectivity index (χ0v) is 9.20. The van der Waals surface area contributed by atoms with Crippen LogP contribution < -0.4 is 0 Å². The van der Waals surface area contributed by atoms with Crippen LogP contribution in [0.25, 0.3) is 0 Å². The molecule has 0 rings (SSSR count). The number of carbonyl (C=O) groups excluding carboxylic acids is 1. The molecule has 0 heterocycles. The maximum atomic E-state index is 10.1. The summed E-state index contributed by atoms with van der Waals surface area (Å²) in [5.41, 5.74) is 0. The quantitative estimate of drug-likeness (QED) is 0.261. The number of aliphatic hydroxyl groups excluding tert-OH is 2. The Morgan fingerprint density at radius 2 is 1.71 bits per heavy atom. The Morgan fingerprint density at radius 1 is 1.18 bits per heavy atom. The Hall–Kier alpha value is -1.64. The molecule has 0 aliphatic rings. The van der Waals surface area contributed by atoms with Gasteiger partial charge in [0.1, 0.15) is 6.61 Å². The van der Waals surface area contributed by atoms with Gasteiger partial charge in [0.15, 0.2) is 0 Å². The first-order valence-electron chi connectivity index (χ1n) is 4.56. The van der Waals surface area contributed by atoms with Crippen LogP contribution in [0, 0.1) is 0 Å². The molecule has 0 amide bonds. The third-order valence-electron chi connectivity index (χ3n) is 0.961. The fourth-order valence-corrected chi connectivity index (χ4v) is 0.459. The minimum atomic E-state index is -1.69. The van der Waals surface area contributed by atoms with Crippen LogP contribution in [0.15, 0.2) is 12.7 Å². The van der Waals surface area contributed by atoms with Crippen molar-refractivity contribution in [3.8, 4) is 0 Å². The molecule has 0 bridgehead atoms. The molecule has 3 N–H and O–H groups in total. The Bertz CT molecular complexity index is 211. The van der Waals surface area contributed by atoms with Crippen LogP contribution in [0.4, 0.5) is 9.59 Å². The molecule has 0 saturated carbocycles. The summed E-state index contributed by atoms with van der Waals surface area (Å²) in [4.78, 5) is 19.8. The number of hydrogen-bond donors (Lipinski definition) is 3. The molecule has 0 unspecified atom stereocenters. The first-order chi connectivity index (χ1) is 8.08. The van der Waals surface area contributed by atoms with Gasteiger partial charge in [-0.25, -0.2) is 9.59 Å². The Kier molecular flexibility index (Phi) is 15.0. The Morgan fingerprint density at radius 3 is 2.06 bits per heavy atom. The number of ether oxygens (including phenoxy) is 3. The van der Waals surface area contributed by atoms with E-state index in [-0.39, 0.29) is 19.8 Å². The number of carboxylic acid groups (broad SMARTS) is 1. The molecule has 17 heavy (non-hydrogen) atoms. The van der Waals surface area contributed by atoms with E-state index in [0.717, 1.165) is 0 Å². The molecular weight excluding hydrogens is 236 g/mol. The summed E-state index contributed by atoms with van der Waals surface area (Å²) in [6.07, 6.45) is -1.63. The Balaban J connectivity index is 0. The highest BCUT2D eigenvalue weighted by atomic mass is 16.8. The van der Waals surface area contributed by atoms with E-state index in [9.17, 15) is 9.59 Å². The maximum absolute atomic E-state index is 10.1. The third-order valence-corrected chi connectivity index (χ3v) is 0.961. The lowest BCUT2D eigenvalue weighted by atomic mass is 10.7. The van der Waals surface area contributed by atoms with Crippen molar-refractivity contribution in [2.75, 3.05) is 33.0 Å². The van der Waals surface area contributed by atoms with Crippen LogP contribution in [0.2, 0.25) is 0 Å². The predicted molar refractivity (Wildman–Crippen MR) is 55.6 cm³/mol.